The number of hydrogen-bond acceptors (Lipinski definition) is 6. The van der Waals surface area contributed by atoms with Gasteiger partial charge in [0, 0.05) is 16.5 Å². The van der Waals surface area contributed by atoms with E-state index in [1.165, 1.54) is 17.4 Å². The highest BCUT2D eigenvalue weighted by molar-refractivity contribution is 7.13. The monoisotopic (exact) mass is 424 g/mol. The minimum atomic E-state index is -0.309. The Balaban J connectivity index is 1.63. The lowest BCUT2D eigenvalue weighted by molar-refractivity contribution is 0.102. The van der Waals surface area contributed by atoms with Crippen LogP contribution in [0.25, 0.3) is 21.8 Å². The van der Waals surface area contributed by atoms with Gasteiger partial charge in [-0.1, -0.05) is 48.2 Å². The number of carbonyl (C=O) groups excluding carboxylic acids is 1. The van der Waals surface area contributed by atoms with Gasteiger partial charge in [0.15, 0.2) is 0 Å². The van der Waals surface area contributed by atoms with Crippen LogP contribution in [0.3, 0.4) is 0 Å². The van der Waals surface area contributed by atoms with E-state index >= 15 is 0 Å². The SMILES string of the molecule is CCCc1nnsc1C(=O)Nc1ccccc1-c1csc(-c2ccccc2F)n1. The quantitative estimate of drug-likeness (QED) is 0.433. The fourth-order valence-corrected chi connectivity index (χ4v) is 4.38. The summed E-state index contributed by atoms with van der Waals surface area (Å²) in [5.41, 5.74) is 3.27. The molecule has 1 N–H and O–H groups in total. The van der Waals surface area contributed by atoms with Crippen LogP contribution < -0.4 is 5.32 Å². The molecule has 0 aliphatic heterocycles. The van der Waals surface area contributed by atoms with E-state index in [4.69, 9.17) is 0 Å². The van der Waals surface area contributed by atoms with Crippen molar-refractivity contribution in [2.24, 2.45) is 0 Å². The van der Waals surface area contributed by atoms with Crippen molar-refractivity contribution in [3.63, 3.8) is 0 Å². The highest BCUT2D eigenvalue weighted by Gasteiger charge is 2.18. The molecular weight excluding hydrogens is 407 g/mol. The summed E-state index contributed by atoms with van der Waals surface area (Å²) in [7, 11) is 0. The fourth-order valence-electron chi connectivity index (χ4n) is 2.93. The number of benzene rings is 2. The second-order valence-corrected chi connectivity index (χ2v) is 7.93. The van der Waals surface area contributed by atoms with E-state index in [2.05, 4.69) is 19.9 Å². The van der Waals surface area contributed by atoms with E-state index in [9.17, 15) is 9.18 Å². The van der Waals surface area contributed by atoms with Gasteiger partial charge in [-0.2, -0.15) is 0 Å². The van der Waals surface area contributed by atoms with Gasteiger partial charge in [-0.25, -0.2) is 9.37 Å². The predicted octanol–water partition coefficient (Wildman–Crippen LogP) is 5.67. The first-order valence-corrected chi connectivity index (χ1v) is 10.7. The summed E-state index contributed by atoms with van der Waals surface area (Å²) in [5.74, 6) is -0.545. The van der Waals surface area contributed by atoms with Crippen LogP contribution in [0.2, 0.25) is 0 Å². The highest BCUT2D eigenvalue weighted by Crippen LogP contribution is 2.34. The van der Waals surface area contributed by atoms with Gasteiger partial charge in [0.05, 0.1) is 17.1 Å². The van der Waals surface area contributed by atoms with Gasteiger partial charge < -0.3 is 5.32 Å². The molecule has 2 aromatic carbocycles. The third-order valence-corrected chi connectivity index (χ3v) is 5.95. The number of para-hydroxylation sites is 1. The van der Waals surface area contributed by atoms with E-state index in [-0.39, 0.29) is 11.7 Å². The molecule has 0 radical (unpaired) electrons. The van der Waals surface area contributed by atoms with Crippen LogP contribution in [-0.2, 0) is 6.42 Å². The summed E-state index contributed by atoms with van der Waals surface area (Å²) in [4.78, 5) is 17.9. The van der Waals surface area contributed by atoms with Crippen LogP contribution in [0.5, 0.6) is 0 Å². The number of nitrogens with zero attached hydrogens (tertiary/aromatic N) is 3. The molecule has 0 aliphatic carbocycles. The number of hydrogen-bond donors (Lipinski definition) is 1. The lowest BCUT2D eigenvalue weighted by Crippen LogP contribution is -2.13. The number of carbonyl (C=O) groups is 1. The van der Waals surface area contributed by atoms with Crippen molar-refractivity contribution in [3.05, 3.63) is 70.3 Å². The van der Waals surface area contributed by atoms with E-state index in [1.807, 2.05) is 36.6 Å². The lowest BCUT2D eigenvalue weighted by Gasteiger charge is -2.09. The Hall–Kier alpha value is -2.97. The third kappa shape index (κ3) is 4.08. The van der Waals surface area contributed by atoms with Gasteiger partial charge in [0.25, 0.3) is 5.91 Å². The first-order chi connectivity index (χ1) is 14.2. The molecule has 0 unspecified atom stereocenters. The predicted molar refractivity (Wildman–Crippen MR) is 115 cm³/mol. The highest BCUT2D eigenvalue weighted by atomic mass is 32.1. The van der Waals surface area contributed by atoms with Crippen molar-refractivity contribution in [2.45, 2.75) is 19.8 Å². The summed E-state index contributed by atoms with van der Waals surface area (Å²) in [6.07, 6.45) is 1.60. The summed E-state index contributed by atoms with van der Waals surface area (Å²) < 4.78 is 18.0. The number of halogens is 1. The van der Waals surface area contributed by atoms with Gasteiger partial charge in [-0.3, -0.25) is 4.79 Å². The molecule has 29 heavy (non-hydrogen) atoms. The largest absolute Gasteiger partial charge is 0.321 e. The van der Waals surface area contributed by atoms with Crippen molar-refractivity contribution >= 4 is 34.5 Å². The molecule has 5 nitrogen and oxygen atoms in total. The van der Waals surface area contributed by atoms with Gasteiger partial charge in [0.1, 0.15) is 15.7 Å². The standard InChI is InChI=1S/C21H17FN4OS2/c1-2-7-17-19(29-26-25-17)20(27)23-16-11-6-4-9-14(16)18-12-28-21(24-18)13-8-3-5-10-15(13)22/h3-6,8-12H,2,7H2,1H3,(H,23,27). The zero-order chi connectivity index (χ0) is 20.2. The maximum Gasteiger partial charge on any atom is 0.269 e. The Bertz CT molecular complexity index is 1150. The van der Waals surface area contributed by atoms with Crippen LogP contribution >= 0.6 is 22.9 Å². The first-order valence-electron chi connectivity index (χ1n) is 9.09. The normalized spacial score (nSPS) is 10.8. The molecule has 0 saturated heterocycles. The van der Waals surface area contributed by atoms with E-state index in [0.29, 0.717) is 38.9 Å². The Labute approximate surface area is 175 Å². The minimum Gasteiger partial charge on any atom is -0.321 e. The Morgan fingerprint density at radius 1 is 1.10 bits per heavy atom. The van der Waals surface area contributed by atoms with Crippen LogP contribution in [0.1, 0.15) is 28.7 Å². The van der Waals surface area contributed by atoms with Crippen LogP contribution in [-0.4, -0.2) is 20.5 Å². The summed E-state index contributed by atoms with van der Waals surface area (Å²) in [6.45, 7) is 2.03. The number of thiazole rings is 1. The average molecular weight is 425 g/mol. The van der Waals surface area contributed by atoms with Crippen molar-refractivity contribution in [2.75, 3.05) is 5.32 Å². The van der Waals surface area contributed by atoms with Gasteiger partial charge >= 0.3 is 0 Å². The topological polar surface area (TPSA) is 67.8 Å². The number of rotatable bonds is 6. The molecule has 4 rings (SSSR count). The van der Waals surface area contributed by atoms with Gasteiger partial charge in [-0.05, 0) is 36.2 Å². The van der Waals surface area contributed by atoms with Crippen molar-refractivity contribution in [1.82, 2.24) is 14.6 Å². The molecule has 0 bridgehead atoms. The molecule has 146 valence electrons. The third-order valence-electron chi connectivity index (χ3n) is 4.31. The molecule has 0 aliphatic rings. The molecule has 0 fully saturated rings. The second kappa shape index (κ2) is 8.59. The van der Waals surface area contributed by atoms with Crippen molar-refractivity contribution < 1.29 is 9.18 Å². The maximum atomic E-state index is 14.1. The molecular formula is C21H17FN4OS2. The summed E-state index contributed by atoms with van der Waals surface area (Å²) >= 11 is 2.46. The smallest absolute Gasteiger partial charge is 0.269 e. The average Bonchev–Trinajstić information content (AvgIpc) is 3.39. The minimum absolute atomic E-state index is 0.236. The Morgan fingerprint density at radius 3 is 2.66 bits per heavy atom. The Morgan fingerprint density at radius 2 is 1.86 bits per heavy atom. The molecule has 2 heterocycles. The van der Waals surface area contributed by atoms with Crippen LogP contribution in [0, 0.1) is 5.82 Å². The summed E-state index contributed by atoms with van der Waals surface area (Å²) in [5, 5.41) is 9.47. The number of anilines is 1. The van der Waals surface area contributed by atoms with Crippen molar-refractivity contribution in [3.8, 4) is 21.8 Å². The second-order valence-electron chi connectivity index (χ2n) is 6.32. The van der Waals surface area contributed by atoms with Crippen LogP contribution in [0.4, 0.5) is 10.1 Å². The number of aryl methyl sites for hydroxylation is 1. The molecule has 8 heteroatoms. The number of nitrogens with one attached hydrogen (secondary N) is 1. The van der Waals surface area contributed by atoms with Gasteiger partial charge in [-0.15, -0.1) is 16.4 Å². The molecule has 1 amide bonds. The summed E-state index contributed by atoms with van der Waals surface area (Å²) in [6, 6.07) is 14.0. The van der Waals surface area contributed by atoms with E-state index in [0.717, 1.165) is 23.5 Å². The molecule has 0 saturated carbocycles. The number of amides is 1. The fraction of sp³-hybridized carbons (Fsp3) is 0.143. The van der Waals surface area contributed by atoms with Crippen molar-refractivity contribution in [1.29, 1.82) is 0 Å². The lowest BCUT2D eigenvalue weighted by atomic mass is 10.1. The number of aromatic nitrogens is 3. The zero-order valence-corrected chi connectivity index (χ0v) is 17.2. The first kappa shape index (κ1) is 19.4. The molecule has 2 aromatic heterocycles. The van der Waals surface area contributed by atoms with Gasteiger partial charge in [0.2, 0.25) is 0 Å². The molecule has 4 aromatic rings. The zero-order valence-electron chi connectivity index (χ0n) is 15.6. The molecule has 0 spiro atoms. The maximum absolute atomic E-state index is 14.1. The molecule has 0 atom stereocenters. The van der Waals surface area contributed by atoms with Crippen LogP contribution in [0.15, 0.2) is 53.9 Å². The Kier molecular flexibility index (Phi) is 5.73. The van der Waals surface area contributed by atoms with E-state index < -0.39 is 0 Å². The van der Waals surface area contributed by atoms with E-state index in [1.54, 1.807) is 18.2 Å².